The van der Waals surface area contributed by atoms with Crippen molar-refractivity contribution in [2.24, 2.45) is 0 Å². The van der Waals surface area contributed by atoms with E-state index in [2.05, 4.69) is 15.0 Å². The highest BCUT2D eigenvalue weighted by Gasteiger charge is 2.07. The molecule has 0 amide bonds. The van der Waals surface area contributed by atoms with Gasteiger partial charge < -0.3 is 5.11 Å². The number of nitrogens with zero attached hydrogens (tertiary/aromatic N) is 3. The third kappa shape index (κ3) is 2.40. The standard InChI is InChI=1S/C10H7Cl2N3O/c11-5-7-4-9(16)15-10(14-7)8-3-6(12)1-2-13-8/h1-4H,5H2,(H,14,15,16). The van der Waals surface area contributed by atoms with Gasteiger partial charge in [0.1, 0.15) is 5.69 Å². The number of rotatable bonds is 2. The second kappa shape index (κ2) is 4.63. The summed E-state index contributed by atoms with van der Waals surface area (Å²) in [6.45, 7) is 0. The van der Waals surface area contributed by atoms with Gasteiger partial charge in [0.05, 0.1) is 11.6 Å². The molecule has 0 saturated heterocycles. The molecule has 0 aromatic carbocycles. The first-order valence-corrected chi connectivity index (χ1v) is 5.35. The lowest BCUT2D eigenvalue weighted by Crippen LogP contribution is -1.95. The molecule has 0 aliphatic rings. The van der Waals surface area contributed by atoms with Crippen LogP contribution in [0, 0.1) is 0 Å². The summed E-state index contributed by atoms with van der Waals surface area (Å²) in [7, 11) is 0. The Bertz CT molecular complexity index is 519. The molecule has 2 aromatic rings. The number of aromatic hydroxyl groups is 1. The van der Waals surface area contributed by atoms with Gasteiger partial charge in [-0.3, -0.25) is 4.98 Å². The van der Waals surface area contributed by atoms with E-state index in [4.69, 9.17) is 23.2 Å². The van der Waals surface area contributed by atoms with Crippen molar-refractivity contribution in [2.75, 3.05) is 0 Å². The molecule has 6 heteroatoms. The smallest absolute Gasteiger partial charge is 0.214 e. The summed E-state index contributed by atoms with van der Waals surface area (Å²) in [5.41, 5.74) is 1.03. The zero-order valence-electron chi connectivity index (χ0n) is 8.06. The van der Waals surface area contributed by atoms with E-state index >= 15 is 0 Å². The SMILES string of the molecule is Oc1cc(CCl)nc(-c2cc(Cl)ccn2)n1. The number of alkyl halides is 1. The Morgan fingerprint density at radius 1 is 1.25 bits per heavy atom. The van der Waals surface area contributed by atoms with Crippen LogP contribution < -0.4 is 0 Å². The van der Waals surface area contributed by atoms with Crippen LogP contribution in [0.5, 0.6) is 5.88 Å². The Morgan fingerprint density at radius 2 is 2.06 bits per heavy atom. The normalized spacial score (nSPS) is 10.4. The van der Waals surface area contributed by atoms with Crippen molar-refractivity contribution in [1.29, 1.82) is 0 Å². The van der Waals surface area contributed by atoms with E-state index in [1.165, 1.54) is 6.07 Å². The van der Waals surface area contributed by atoms with Gasteiger partial charge in [-0.2, -0.15) is 4.98 Å². The Kier molecular flexibility index (Phi) is 3.22. The van der Waals surface area contributed by atoms with Gasteiger partial charge >= 0.3 is 0 Å². The quantitative estimate of drug-likeness (QED) is 0.839. The number of halogens is 2. The van der Waals surface area contributed by atoms with Crippen LogP contribution in [0.25, 0.3) is 11.5 Å². The van der Waals surface area contributed by atoms with Gasteiger partial charge in [-0.1, -0.05) is 11.6 Å². The Labute approximate surface area is 102 Å². The maximum absolute atomic E-state index is 9.39. The lowest BCUT2D eigenvalue weighted by Gasteiger charge is -2.02. The molecule has 0 bridgehead atoms. The van der Waals surface area contributed by atoms with Crippen molar-refractivity contribution in [2.45, 2.75) is 5.88 Å². The summed E-state index contributed by atoms with van der Waals surface area (Å²) in [5, 5.41) is 9.92. The average molecular weight is 256 g/mol. The molecule has 4 nitrogen and oxygen atoms in total. The van der Waals surface area contributed by atoms with Crippen LogP contribution in [-0.2, 0) is 5.88 Å². The highest BCUT2D eigenvalue weighted by atomic mass is 35.5. The third-order valence-electron chi connectivity index (χ3n) is 1.85. The third-order valence-corrected chi connectivity index (χ3v) is 2.36. The van der Waals surface area contributed by atoms with Crippen molar-refractivity contribution in [3.8, 4) is 17.4 Å². The molecular weight excluding hydrogens is 249 g/mol. The molecule has 82 valence electrons. The first kappa shape index (κ1) is 11.1. The van der Waals surface area contributed by atoms with Gasteiger partial charge in [-0.25, -0.2) is 4.98 Å². The van der Waals surface area contributed by atoms with Gasteiger partial charge in [0, 0.05) is 17.3 Å². The summed E-state index contributed by atoms with van der Waals surface area (Å²) in [5.74, 6) is 0.365. The second-order valence-electron chi connectivity index (χ2n) is 3.03. The molecular formula is C10H7Cl2N3O. The highest BCUT2D eigenvalue weighted by molar-refractivity contribution is 6.30. The van der Waals surface area contributed by atoms with Crippen LogP contribution in [0.1, 0.15) is 5.69 Å². The minimum atomic E-state index is -0.137. The topological polar surface area (TPSA) is 58.9 Å². The molecule has 2 aromatic heterocycles. The molecule has 1 N–H and O–H groups in total. The van der Waals surface area contributed by atoms with E-state index in [0.29, 0.717) is 22.2 Å². The summed E-state index contributed by atoms with van der Waals surface area (Å²) < 4.78 is 0. The summed E-state index contributed by atoms with van der Waals surface area (Å²) in [6, 6.07) is 4.67. The molecule has 0 unspecified atom stereocenters. The van der Waals surface area contributed by atoms with E-state index in [0.717, 1.165) is 0 Å². The molecule has 0 radical (unpaired) electrons. The molecule has 0 aliphatic carbocycles. The largest absolute Gasteiger partial charge is 0.493 e. The van der Waals surface area contributed by atoms with E-state index in [9.17, 15) is 5.11 Å². The molecule has 2 heterocycles. The Hall–Kier alpha value is -1.39. The van der Waals surface area contributed by atoms with Crippen LogP contribution in [0.2, 0.25) is 5.02 Å². The zero-order chi connectivity index (χ0) is 11.5. The number of aromatic nitrogens is 3. The van der Waals surface area contributed by atoms with Gasteiger partial charge in [0.15, 0.2) is 5.82 Å². The molecule has 0 fully saturated rings. The Balaban J connectivity index is 2.51. The molecule has 0 saturated carbocycles. The fourth-order valence-corrected chi connectivity index (χ4v) is 1.49. The molecule has 0 atom stereocenters. The van der Waals surface area contributed by atoms with Crippen molar-refractivity contribution in [1.82, 2.24) is 15.0 Å². The predicted octanol–water partition coefficient (Wildman–Crippen LogP) is 2.64. The van der Waals surface area contributed by atoms with Crippen LogP contribution >= 0.6 is 23.2 Å². The van der Waals surface area contributed by atoms with Crippen LogP contribution in [-0.4, -0.2) is 20.1 Å². The number of hydrogen-bond donors (Lipinski definition) is 1. The van der Waals surface area contributed by atoms with Gasteiger partial charge in [-0.05, 0) is 12.1 Å². The van der Waals surface area contributed by atoms with Crippen molar-refractivity contribution in [3.63, 3.8) is 0 Å². The van der Waals surface area contributed by atoms with Crippen LogP contribution in [0.15, 0.2) is 24.4 Å². The molecule has 0 aliphatic heterocycles. The van der Waals surface area contributed by atoms with Crippen molar-refractivity contribution >= 4 is 23.2 Å². The Morgan fingerprint density at radius 3 is 2.75 bits per heavy atom. The maximum Gasteiger partial charge on any atom is 0.214 e. The van der Waals surface area contributed by atoms with Crippen LogP contribution in [0.3, 0.4) is 0 Å². The fraction of sp³-hybridized carbons (Fsp3) is 0.100. The van der Waals surface area contributed by atoms with E-state index in [1.807, 2.05) is 0 Å². The second-order valence-corrected chi connectivity index (χ2v) is 3.74. The van der Waals surface area contributed by atoms with E-state index in [1.54, 1.807) is 18.3 Å². The summed E-state index contributed by atoms with van der Waals surface area (Å²) in [6.07, 6.45) is 1.55. The first-order chi connectivity index (χ1) is 7.69. The number of hydrogen-bond acceptors (Lipinski definition) is 4. The minimum absolute atomic E-state index is 0.137. The highest BCUT2D eigenvalue weighted by Crippen LogP contribution is 2.19. The maximum atomic E-state index is 9.39. The van der Waals surface area contributed by atoms with Crippen molar-refractivity contribution < 1.29 is 5.11 Å². The molecule has 2 rings (SSSR count). The van der Waals surface area contributed by atoms with Crippen LogP contribution in [0.4, 0.5) is 0 Å². The zero-order valence-corrected chi connectivity index (χ0v) is 9.57. The van der Waals surface area contributed by atoms with Crippen molar-refractivity contribution in [3.05, 3.63) is 35.1 Å². The monoisotopic (exact) mass is 255 g/mol. The van der Waals surface area contributed by atoms with Gasteiger partial charge in [0.25, 0.3) is 0 Å². The number of pyridine rings is 1. The van der Waals surface area contributed by atoms with Gasteiger partial charge in [-0.15, -0.1) is 11.6 Å². The average Bonchev–Trinajstić information content (AvgIpc) is 2.28. The molecule has 16 heavy (non-hydrogen) atoms. The lowest BCUT2D eigenvalue weighted by atomic mass is 10.3. The molecule has 0 spiro atoms. The lowest BCUT2D eigenvalue weighted by molar-refractivity contribution is 0.452. The first-order valence-electron chi connectivity index (χ1n) is 4.44. The minimum Gasteiger partial charge on any atom is -0.493 e. The summed E-state index contributed by atoms with van der Waals surface area (Å²) in [4.78, 5) is 12.1. The fourth-order valence-electron chi connectivity index (χ4n) is 1.19. The predicted molar refractivity (Wildman–Crippen MR) is 61.5 cm³/mol. The van der Waals surface area contributed by atoms with E-state index in [-0.39, 0.29) is 11.8 Å². The van der Waals surface area contributed by atoms with E-state index < -0.39 is 0 Å². The summed E-state index contributed by atoms with van der Waals surface area (Å²) >= 11 is 11.5. The van der Waals surface area contributed by atoms with Gasteiger partial charge in [0.2, 0.25) is 5.88 Å².